The lowest BCUT2D eigenvalue weighted by molar-refractivity contribution is 0.103. The maximum atomic E-state index is 13.2. The Bertz CT molecular complexity index is 1120. The summed E-state index contributed by atoms with van der Waals surface area (Å²) in [5, 5.41) is 2.77. The van der Waals surface area contributed by atoms with E-state index >= 15 is 0 Å². The summed E-state index contributed by atoms with van der Waals surface area (Å²) in [5.74, 6) is 1.22. The first-order valence-electron chi connectivity index (χ1n) is 7.46. The Morgan fingerprint density at radius 3 is 2.65 bits per heavy atom. The Morgan fingerprint density at radius 2 is 1.78 bits per heavy atom. The lowest BCUT2D eigenvalue weighted by Gasteiger charge is -2.18. The van der Waals surface area contributed by atoms with Gasteiger partial charge in [0, 0.05) is 16.3 Å². The van der Waals surface area contributed by atoms with Crippen molar-refractivity contribution in [3.8, 4) is 17.1 Å². The van der Waals surface area contributed by atoms with Gasteiger partial charge in [-0.2, -0.15) is 0 Å². The Labute approximate surface area is 132 Å². The molecule has 0 atom stereocenters. The quantitative estimate of drug-likeness (QED) is 0.446. The van der Waals surface area contributed by atoms with Crippen molar-refractivity contribution < 1.29 is 13.9 Å². The van der Waals surface area contributed by atoms with E-state index in [0.29, 0.717) is 22.6 Å². The van der Waals surface area contributed by atoms with Crippen molar-refractivity contribution in [3.05, 3.63) is 65.7 Å². The molecule has 0 saturated heterocycles. The molecule has 0 saturated carbocycles. The monoisotopic (exact) mass is 300 g/mol. The Kier molecular flexibility index (Phi) is 2.29. The number of carbonyl (C=O) groups excluding carboxylic acids is 1. The van der Waals surface area contributed by atoms with Gasteiger partial charge < -0.3 is 9.15 Å². The third kappa shape index (κ3) is 1.46. The molecule has 5 rings (SSSR count). The summed E-state index contributed by atoms with van der Waals surface area (Å²) in [6.07, 6.45) is 0. The molecule has 1 aromatic heterocycles. The summed E-state index contributed by atoms with van der Waals surface area (Å²) in [4.78, 5) is 13.2. The minimum atomic E-state index is -0.0360. The van der Waals surface area contributed by atoms with Crippen LogP contribution < -0.4 is 4.74 Å². The fourth-order valence-corrected chi connectivity index (χ4v) is 3.53. The molecular weight excluding hydrogens is 288 g/mol. The smallest absolute Gasteiger partial charge is 0.201 e. The highest BCUT2D eigenvalue weighted by Gasteiger charge is 2.32. The van der Waals surface area contributed by atoms with Gasteiger partial charge in [0.15, 0.2) is 0 Å². The second-order valence-electron chi connectivity index (χ2n) is 5.68. The molecule has 0 amide bonds. The summed E-state index contributed by atoms with van der Waals surface area (Å²) < 4.78 is 11.5. The third-order valence-electron chi connectivity index (χ3n) is 4.52. The van der Waals surface area contributed by atoms with Crippen LogP contribution in [0.5, 0.6) is 5.75 Å². The topological polar surface area (TPSA) is 39.4 Å². The van der Waals surface area contributed by atoms with E-state index in [-0.39, 0.29) is 5.78 Å². The zero-order valence-corrected chi connectivity index (χ0v) is 12.4. The minimum absolute atomic E-state index is 0.0360. The largest absolute Gasteiger partial charge is 0.496 e. The van der Waals surface area contributed by atoms with Gasteiger partial charge in [-0.15, -0.1) is 0 Å². The number of fused-ring (bicyclic) bond motifs is 4. The maximum Gasteiger partial charge on any atom is 0.201 e. The average Bonchev–Trinajstić information content (AvgIpc) is 2.99. The summed E-state index contributed by atoms with van der Waals surface area (Å²) >= 11 is 0. The molecule has 0 spiro atoms. The summed E-state index contributed by atoms with van der Waals surface area (Å²) in [6.45, 7) is 0. The van der Waals surface area contributed by atoms with Gasteiger partial charge in [0.2, 0.25) is 5.78 Å². The van der Waals surface area contributed by atoms with Gasteiger partial charge >= 0.3 is 0 Å². The second-order valence-corrected chi connectivity index (χ2v) is 5.68. The number of hydrogen-bond donors (Lipinski definition) is 0. The van der Waals surface area contributed by atoms with Gasteiger partial charge in [0.25, 0.3) is 0 Å². The average molecular weight is 300 g/mol. The molecule has 0 unspecified atom stereocenters. The van der Waals surface area contributed by atoms with Gasteiger partial charge in [-0.25, -0.2) is 0 Å². The lowest BCUT2D eigenvalue weighted by Crippen LogP contribution is -2.10. The third-order valence-corrected chi connectivity index (χ3v) is 4.52. The first-order valence-corrected chi connectivity index (χ1v) is 7.46. The van der Waals surface area contributed by atoms with Crippen LogP contribution in [-0.2, 0) is 0 Å². The van der Waals surface area contributed by atoms with Crippen molar-refractivity contribution >= 4 is 27.5 Å². The first-order chi connectivity index (χ1) is 11.3. The van der Waals surface area contributed by atoms with Crippen LogP contribution in [0.25, 0.3) is 33.1 Å². The Morgan fingerprint density at radius 1 is 0.913 bits per heavy atom. The van der Waals surface area contributed by atoms with Crippen molar-refractivity contribution in [2.75, 3.05) is 7.11 Å². The summed E-state index contributed by atoms with van der Waals surface area (Å²) in [6, 6.07) is 17.5. The molecule has 0 fully saturated rings. The van der Waals surface area contributed by atoms with Gasteiger partial charge in [0.1, 0.15) is 17.1 Å². The fraction of sp³-hybridized carbons (Fsp3) is 0.0500. The van der Waals surface area contributed by atoms with E-state index in [9.17, 15) is 4.79 Å². The van der Waals surface area contributed by atoms with E-state index in [4.69, 9.17) is 9.15 Å². The number of methoxy groups -OCH3 is 1. The predicted octanol–water partition coefficient (Wildman–Crippen LogP) is 4.81. The van der Waals surface area contributed by atoms with E-state index in [1.54, 1.807) is 7.11 Å². The van der Waals surface area contributed by atoms with Crippen molar-refractivity contribution in [1.29, 1.82) is 0 Å². The number of benzene rings is 3. The van der Waals surface area contributed by atoms with Crippen molar-refractivity contribution in [1.82, 2.24) is 0 Å². The van der Waals surface area contributed by atoms with E-state index < -0.39 is 0 Å². The zero-order valence-electron chi connectivity index (χ0n) is 12.4. The van der Waals surface area contributed by atoms with Crippen LogP contribution >= 0.6 is 0 Å². The van der Waals surface area contributed by atoms with Gasteiger partial charge in [-0.3, -0.25) is 4.79 Å². The molecule has 0 bridgehead atoms. The molecule has 3 nitrogen and oxygen atoms in total. The van der Waals surface area contributed by atoms with Crippen LogP contribution in [0.2, 0.25) is 0 Å². The van der Waals surface area contributed by atoms with Crippen LogP contribution in [0.15, 0.2) is 59.0 Å². The van der Waals surface area contributed by atoms with Crippen molar-refractivity contribution in [2.45, 2.75) is 0 Å². The maximum absolute atomic E-state index is 13.2. The lowest BCUT2D eigenvalue weighted by atomic mass is 9.85. The van der Waals surface area contributed by atoms with Gasteiger partial charge in [0.05, 0.1) is 18.2 Å². The zero-order chi connectivity index (χ0) is 15.6. The van der Waals surface area contributed by atoms with E-state index in [1.165, 1.54) is 0 Å². The summed E-state index contributed by atoms with van der Waals surface area (Å²) in [5.41, 5.74) is 2.93. The van der Waals surface area contributed by atoms with Crippen LogP contribution in [0, 0.1) is 0 Å². The second kappa shape index (κ2) is 4.23. The molecule has 0 N–H and O–H groups in total. The highest BCUT2D eigenvalue weighted by Crippen LogP contribution is 2.46. The normalized spacial score (nSPS) is 12.7. The van der Waals surface area contributed by atoms with Crippen molar-refractivity contribution in [3.63, 3.8) is 0 Å². The van der Waals surface area contributed by atoms with Crippen LogP contribution in [-0.4, -0.2) is 12.9 Å². The number of ketones is 1. The van der Waals surface area contributed by atoms with Crippen molar-refractivity contribution in [2.24, 2.45) is 0 Å². The first kappa shape index (κ1) is 12.5. The number of furan rings is 1. The molecule has 0 aliphatic heterocycles. The molecule has 23 heavy (non-hydrogen) atoms. The number of carbonyl (C=O) groups is 1. The number of para-hydroxylation sites is 1. The number of hydrogen-bond acceptors (Lipinski definition) is 3. The highest BCUT2D eigenvalue weighted by atomic mass is 16.5. The Hall–Kier alpha value is -3.07. The molecule has 0 radical (unpaired) electrons. The highest BCUT2D eigenvalue weighted by molar-refractivity contribution is 6.30. The number of rotatable bonds is 1. The van der Waals surface area contributed by atoms with E-state index in [2.05, 4.69) is 0 Å². The molecule has 4 aromatic rings. The molecular formula is C20H12O3. The molecule has 1 heterocycles. The molecule has 3 heteroatoms. The molecule has 3 aromatic carbocycles. The Balaban J connectivity index is 2.03. The predicted molar refractivity (Wildman–Crippen MR) is 89.1 cm³/mol. The van der Waals surface area contributed by atoms with Gasteiger partial charge in [-0.1, -0.05) is 42.5 Å². The van der Waals surface area contributed by atoms with Crippen LogP contribution in [0.4, 0.5) is 0 Å². The fourth-order valence-electron chi connectivity index (χ4n) is 3.53. The molecule has 110 valence electrons. The number of ether oxygens (including phenoxy) is 1. The summed E-state index contributed by atoms with van der Waals surface area (Å²) in [7, 11) is 1.59. The minimum Gasteiger partial charge on any atom is -0.496 e. The molecule has 1 aliphatic carbocycles. The molecule has 1 aliphatic rings. The SMILES string of the molecule is COc1ccc2cccc3c2c1C(=O)c1c-3oc2ccccc12. The van der Waals surface area contributed by atoms with Crippen LogP contribution in [0.1, 0.15) is 15.9 Å². The van der Waals surface area contributed by atoms with E-state index in [0.717, 1.165) is 27.3 Å². The van der Waals surface area contributed by atoms with E-state index in [1.807, 2.05) is 54.6 Å². The van der Waals surface area contributed by atoms with Gasteiger partial charge in [-0.05, 0) is 17.5 Å². The van der Waals surface area contributed by atoms with Crippen LogP contribution in [0.3, 0.4) is 0 Å². The standard InChI is InChI=1S/C20H12O3/c1-22-15-10-9-11-5-4-7-13-16(11)18(15)19(21)17-12-6-2-3-8-14(12)23-20(13)17/h2-10H,1H3.